The summed E-state index contributed by atoms with van der Waals surface area (Å²) in [6.45, 7) is 4.24. The summed E-state index contributed by atoms with van der Waals surface area (Å²) < 4.78 is 1.23. The molecule has 0 fully saturated rings. The topological polar surface area (TPSA) is 24.9 Å². The van der Waals surface area contributed by atoms with Gasteiger partial charge in [-0.15, -0.1) is 11.3 Å². The Balaban J connectivity index is 1.86. The van der Waals surface area contributed by atoms with Crippen molar-refractivity contribution in [2.75, 3.05) is 5.32 Å². The van der Waals surface area contributed by atoms with Gasteiger partial charge in [0.2, 0.25) is 0 Å². The SMILES string of the molecule is Cc1ccc(C)c(-c2csc(Nc3ccc(I)cc3)n2)c1. The fraction of sp³-hybridized carbons (Fsp3) is 0.118. The van der Waals surface area contributed by atoms with E-state index in [2.05, 4.69) is 89.6 Å². The van der Waals surface area contributed by atoms with Crippen LogP contribution < -0.4 is 5.32 Å². The number of anilines is 2. The van der Waals surface area contributed by atoms with Gasteiger partial charge in [0.1, 0.15) is 0 Å². The Kier molecular flexibility index (Phi) is 4.26. The summed E-state index contributed by atoms with van der Waals surface area (Å²) in [5.41, 5.74) is 5.83. The monoisotopic (exact) mass is 406 g/mol. The van der Waals surface area contributed by atoms with Crippen molar-refractivity contribution in [3.63, 3.8) is 0 Å². The Morgan fingerprint density at radius 1 is 1.05 bits per heavy atom. The molecule has 0 radical (unpaired) electrons. The maximum atomic E-state index is 4.71. The molecule has 3 aromatic rings. The quantitative estimate of drug-likeness (QED) is 0.559. The first kappa shape index (κ1) is 14.5. The van der Waals surface area contributed by atoms with Crippen molar-refractivity contribution < 1.29 is 0 Å². The number of halogens is 1. The van der Waals surface area contributed by atoms with Crippen LogP contribution in [0.3, 0.4) is 0 Å². The summed E-state index contributed by atoms with van der Waals surface area (Å²) in [7, 11) is 0. The van der Waals surface area contributed by atoms with Gasteiger partial charge < -0.3 is 5.32 Å². The molecule has 4 heteroatoms. The van der Waals surface area contributed by atoms with Gasteiger partial charge in [-0.05, 0) is 72.3 Å². The van der Waals surface area contributed by atoms with E-state index in [4.69, 9.17) is 4.98 Å². The van der Waals surface area contributed by atoms with Crippen LogP contribution >= 0.6 is 33.9 Å². The molecule has 0 unspecified atom stereocenters. The van der Waals surface area contributed by atoms with Crippen molar-refractivity contribution in [2.24, 2.45) is 0 Å². The second kappa shape index (κ2) is 6.15. The first-order chi connectivity index (χ1) is 10.1. The Labute approximate surface area is 142 Å². The zero-order valence-electron chi connectivity index (χ0n) is 11.9. The Bertz CT molecular complexity index is 763. The van der Waals surface area contributed by atoms with E-state index < -0.39 is 0 Å². The largest absolute Gasteiger partial charge is 0.332 e. The van der Waals surface area contributed by atoms with Crippen LogP contribution in [0.2, 0.25) is 0 Å². The molecule has 2 nitrogen and oxygen atoms in total. The lowest BCUT2D eigenvalue weighted by molar-refractivity contribution is 1.33. The normalized spacial score (nSPS) is 10.6. The van der Waals surface area contributed by atoms with Crippen LogP contribution in [-0.2, 0) is 0 Å². The molecular weight excluding hydrogens is 391 g/mol. The third-order valence-corrected chi connectivity index (χ3v) is 4.75. The lowest BCUT2D eigenvalue weighted by Crippen LogP contribution is -1.90. The minimum absolute atomic E-state index is 0.923. The molecule has 1 aromatic heterocycles. The van der Waals surface area contributed by atoms with Crippen LogP contribution in [0.1, 0.15) is 11.1 Å². The molecule has 0 bridgehead atoms. The fourth-order valence-electron chi connectivity index (χ4n) is 2.12. The molecular formula is C17H15IN2S. The van der Waals surface area contributed by atoms with Gasteiger partial charge in [0, 0.05) is 20.2 Å². The Hall–Kier alpha value is -1.40. The maximum absolute atomic E-state index is 4.71. The first-order valence-electron chi connectivity index (χ1n) is 6.67. The average Bonchev–Trinajstić information content (AvgIpc) is 2.92. The van der Waals surface area contributed by atoms with Crippen LogP contribution in [-0.4, -0.2) is 4.98 Å². The lowest BCUT2D eigenvalue weighted by atomic mass is 10.0. The van der Waals surface area contributed by atoms with E-state index in [1.807, 2.05) is 0 Å². The number of aromatic nitrogens is 1. The average molecular weight is 406 g/mol. The number of nitrogens with zero attached hydrogens (tertiary/aromatic N) is 1. The predicted molar refractivity (Wildman–Crippen MR) is 99.5 cm³/mol. The number of aryl methyl sites for hydroxylation is 2. The highest BCUT2D eigenvalue weighted by atomic mass is 127. The van der Waals surface area contributed by atoms with E-state index in [1.165, 1.54) is 20.3 Å². The molecule has 0 saturated carbocycles. The summed E-state index contributed by atoms with van der Waals surface area (Å²) >= 11 is 3.94. The molecule has 1 N–H and O–H groups in total. The summed E-state index contributed by atoms with van der Waals surface area (Å²) in [5, 5.41) is 6.39. The molecule has 0 aliphatic carbocycles. The zero-order valence-corrected chi connectivity index (χ0v) is 14.8. The van der Waals surface area contributed by atoms with E-state index in [-0.39, 0.29) is 0 Å². The van der Waals surface area contributed by atoms with Crippen LogP contribution in [0, 0.1) is 17.4 Å². The third-order valence-electron chi connectivity index (χ3n) is 3.27. The van der Waals surface area contributed by atoms with E-state index in [0.717, 1.165) is 16.5 Å². The highest BCUT2D eigenvalue weighted by molar-refractivity contribution is 14.1. The second-order valence-corrected chi connectivity index (χ2v) is 7.09. The van der Waals surface area contributed by atoms with E-state index in [9.17, 15) is 0 Å². The maximum Gasteiger partial charge on any atom is 0.187 e. The van der Waals surface area contributed by atoms with Crippen LogP contribution in [0.25, 0.3) is 11.3 Å². The molecule has 3 rings (SSSR count). The van der Waals surface area contributed by atoms with Gasteiger partial charge in [0.25, 0.3) is 0 Å². The molecule has 106 valence electrons. The first-order valence-corrected chi connectivity index (χ1v) is 8.63. The fourth-order valence-corrected chi connectivity index (χ4v) is 3.21. The van der Waals surface area contributed by atoms with Gasteiger partial charge in [-0.2, -0.15) is 0 Å². The van der Waals surface area contributed by atoms with Gasteiger partial charge >= 0.3 is 0 Å². The number of nitrogens with one attached hydrogen (secondary N) is 1. The smallest absolute Gasteiger partial charge is 0.187 e. The van der Waals surface area contributed by atoms with Gasteiger partial charge in [-0.1, -0.05) is 17.7 Å². The summed E-state index contributed by atoms with van der Waals surface area (Å²) in [5.74, 6) is 0. The van der Waals surface area contributed by atoms with Crippen molar-refractivity contribution in [1.29, 1.82) is 0 Å². The number of hydrogen-bond acceptors (Lipinski definition) is 3. The Morgan fingerprint density at radius 3 is 2.57 bits per heavy atom. The predicted octanol–water partition coefficient (Wildman–Crippen LogP) is 5.78. The minimum Gasteiger partial charge on any atom is -0.332 e. The van der Waals surface area contributed by atoms with E-state index in [0.29, 0.717) is 0 Å². The molecule has 2 aromatic carbocycles. The third kappa shape index (κ3) is 3.44. The molecule has 0 saturated heterocycles. The van der Waals surface area contributed by atoms with Crippen molar-refractivity contribution in [2.45, 2.75) is 13.8 Å². The molecule has 21 heavy (non-hydrogen) atoms. The number of benzene rings is 2. The van der Waals surface area contributed by atoms with E-state index >= 15 is 0 Å². The molecule has 1 heterocycles. The summed E-state index contributed by atoms with van der Waals surface area (Å²) in [6.07, 6.45) is 0. The molecule has 0 amide bonds. The molecule has 0 aliphatic heterocycles. The Morgan fingerprint density at radius 2 is 1.81 bits per heavy atom. The van der Waals surface area contributed by atoms with Gasteiger partial charge in [0.15, 0.2) is 5.13 Å². The van der Waals surface area contributed by atoms with Crippen LogP contribution in [0.5, 0.6) is 0 Å². The van der Waals surface area contributed by atoms with Gasteiger partial charge in [0.05, 0.1) is 5.69 Å². The highest BCUT2D eigenvalue weighted by Gasteiger charge is 2.07. The lowest BCUT2D eigenvalue weighted by Gasteiger charge is -2.04. The number of rotatable bonds is 3. The standard InChI is InChI=1S/C17H15IN2S/c1-11-3-4-12(2)15(9-11)16-10-21-17(20-16)19-14-7-5-13(18)6-8-14/h3-10H,1-2H3,(H,19,20). The second-order valence-electron chi connectivity index (χ2n) is 4.99. The summed E-state index contributed by atoms with van der Waals surface area (Å²) in [6, 6.07) is 14.8. The molecule has 0 aliphatic rings. The van der Waals surface area contributed by atoms with Crippen LogP contribution in [0.4, 0.5) is 10.8 Å². The van der Waals surface area contributed by atoms with E-state index in [1.54, 1.807) is 11.3 Å². The van der Waals surface area contributed by atoms with Gasteiger partial charge in [-0.3, -0.25) is 0 Å². The zero-order chi connectivity index (χ0) is 14.8. The number of thiazole rings is 1. The molecule has 0 spiro atoms. The van der Waals surface area contributed by atoms with Crippen molar-refractivity contribution in [3.8, 4) is 11.3 Å². The highest BCUT2D eigenvalue weighted by Crippen LogP contribution is 2.29. The van der Waals surface area contributed by atoms with Crippen molar-refractivity contribution >= 4 is 44.7 Å². The molecule has 0 atom stereocenters. The van der Waals surface area contributed by atoms with Crippen molar-refractivity contribution in [3.05, 3.63) is 62.5 Å². The van der Waals surface area contributed by atoms with Crippen LogP contribution in [0.15, 0.2) is 47.8 Å². The van der Waals surface area contributed by atoms with Gasteiger partial charge in [-0.25, -0.2) is 4.98 Å². The number of hydrogen-bond donors (Lipinski definition) is 1. The summed E-state index contributed by atoms with van der Waals surface area (Å²) in [4.78, 5) is 4.71. The minimum atomic E-state index is 0.923. The van der Waals surface area contributed by atoms with Crippen molar-refractivity contribution in [1.82, 2.24) is 4.98 Å².